The number of pyridine rings is 1. The number of rotatable bonds is 1. The molecule has 1 aromatic rings. The van der Waals surface area contributed by atoms with Crippen molar-refractivity contribution >= 4 is 5.69 Å². The molecule has 0 radical (unpaired) electrons. The lowest BCUT2D eigenvalue weighted by Gasteiger charge is -2.29. The van der Waals surface area contributed by atoms with Crippen molar-refractivity contribution in [2.24, 2.45) is 0 Å². The summed E-state index contributed by atoms with van der Waals surface area (Å²) in [5.74, 6) is 0. The molecule has 2 rings (SSSR count). The van der Waals surface area contributed by atoms with Gasteiger partial charge in [-0.1, -0.05) is 13.8 Å². The molecule has 0 unspecified atom stereocenters. The number of fused-ring (bicyclic) bond motifs is 1. The van der Waals surface area contributed by atoms with Crippen molar-refractivity contribution in [2.45, 2.75) is 40.5 Å². The molecule has 2 heteroatoms. The second-order valence-corrected chi connectivity index (χ2v) is 3.60. The molecule has 1 aromatic heterocycles. The molecule has 1 aliphatic heterocycles. The second-order valence-electron chi connectivity index (χ2n) is 3.60. The van der Waals surface area contributed by atoms with Crippen LogP contribution in [0.15, 0.2) is 12.1 Å². The minimum Gasteiger partial charge on any atom is -0.370 e. The average Bonchev–Trinajstić information content (AvgIpc) is 2.30. The van der Waals surface area contributed by atoms with Crippen molar-refractivity contribution in [3.05, 3.63) is 23.5 Å². The number of nitrogens with zero attached hydrogens (tertiary/aromatic N) is 2. The van der Waals surface area contributed by atoms with Gasteiger partial charge in [0, 0.05) is 18.8 Å². The Bertz CT molecular complexity index is 307. The molecule has 0 amide bonds. The maximum Gasteiger partial charge on any atom is 0.0640 e. The highest BCUT2D eigenvalue weighted by Gasteiger charge is 2.15. The largest absolute Gasteiger partial charge is 0.370 e. The average molecular weight is 206 g/mol. The topological polar surface area (TPSA) is 16.1 Å². The molecule has 0 atom stereocenters. The van der Waals surface area contributed by atoms with Gasteiger partial charge in [0.25, 0.3) is 0 Å². The first-order valence-corrected chi connectivity index (χ1v) is 6.02. The van der Waals surface area contributed by atoms with Gasteiger partial charge in [-0.15, -0.1) is 0 Å². The highest BCUT2D eigenvalue weighted by atomic mass is 15.1. The van der Waals surface area contributed by atoms with Gasteiger partial charge >= 0.3 is 0 Å². The molecular formula is C13H22N2. The first-order valence-electron chi connectivity index (χ1n) is 6.02. The lowest BCUT2D eigenvalue weighted by Crippen LogP contribution is -2.29. The van der Waals surface area contributed by atoms with Crippen molar-refractivity contribution in [3.63, 3.8) is 0 Å². The zero-order chi connectivity index (χ0) is 11.3. The minimum atomic E-state index is 1.09. The fraction of sp³-hybridized carbons (Fsp3) is 0.615. The van der Waals surface area contributed by atoms with Gasteiger partial charge in [0.05, 0.1) is 11.4 Å². The summed E-state index contributed by atoms with van der Waals surface area (Å²) in [5.41, 5.74) is 3.77. The number of hydrogen-bond acceptors (Lipinski definition) is 2. The summed E-state index contributed by atoms with van der Waals surface area (Å²) in [6, 6.07) is 4.31. The zero-order valence-corrected chi connectivity index (χ0v) is 10.4. The third-order valence-electron chi connectivity index (χ3n) is 2.65. The van der Waals surface area contributed by atoms with E-state index in [-0.39, 0.29) is 0 Å². The molecule has 1 aliphatic rings. The monoisotopic (exact) mass is 206 g/mol. The Kier molecular flexibility index (Phi) is 4.60. The van der Waals surface area contributed by atoms with Crippen LogP contribution in [-0.4, -0.2) is 18.1 Å². The molecule has 0 aromatic carbocycles. The van der Waals surface area contributed by atoms with Gasteiger partial charge in [0.2, 0.25) is 0 Å². The Morgan fingerprint density at radius 3 is 2.73 bits per heavy atom. The van der Waals surface area contributed by atoms with E-state index in [0.29, 0.717) is 0 Å². The molecule has 0 spiro atoms. The van der Waals surface area contributed by atoms with E-state index < -0.39 is 0 Å². The number of aromatic nitrogens is 1. The third-order valence-corrected chi connectivity index (χ3v) is 2.65. The summed E-state index contributed by atoms with van der Waals surface area (Å²) in [6.07, 6.45) is 2.39. The SMILES string of the molecule is CC.CCN1CCCc2nc(C)ccc21. The van der Waals surface area contributed by atoms with Crippen LogP contribution in [0, 0.1) is 6.92 Å². The van der Waals surface area contributed by atoms with Crippen LogP contribution in [0.3, 0.4) is 0 Å². The summed E-state index contributed by atoms with van der Waals surface area (Å²) < 4.78 is 0. The van der Waals surface area contributed by atoms with Crippen molar-refractivity contribution in [2.75, 3.05) is 18.0 Å². The van der Waals surface area contributed by atoms with Crippen LogP contribution in [0.1, 0.15) is 38.6 Å². The lowest BCUT2D eigenvalue weighted by molar-refractivity contribution is 0.690. The molecule has 0 bridgehead atoms. The van der Waals surface area contributed by atoms with E-state index in [1.165, 1.54) is 24.3 Å². The maximum atomic E-state index is 4.57. The van der Waals surface area contributed by atoms with Gasteiger partial charge in [0.1, 0.15) is 0 Å². The van der Waals surface area contributed by atoms with Crippen molar-refractivity contribution < 1.29 is 0 Å². The van der Waals surface area contributed by atoms with Crippen LogP contribution in [0.25, 0.3) is 0 Å². The predicted molar refractivity (Wildman–Crippen MR) is 66.5 cm³/mol. The maximum absolute atomic E-state index is 4.57. The normalized spacial score (nSPS) is 14.0. The Labute approximate surface area is 93.3 Å². The molecule has 0 fully saturated rings. The van der Waals surface area contributed by atoms with Gasteiger partial charge in [-0.3, -0.25) is 4.98 Å². The molecule has 2 nitrogen and oxygen atoms in total. The van der Waals surface area contributed by atoms with Crippen molar-refractivity contribution in [1.29, 1.82) is 0 Å². The number of anilines is 1. The van der Waals surface area contributed by atoms with Gasteiger partial charge in [-0.05, 0) is 38.8 Å². The van der Waals surface area contributed by atoms with E-state index in [4.69, 9.17) is 0 Å². The van der Waals surface area contributed by atoms with E-state index in [1.54, 1.807) is 0 Å². The molecule has 84 valence electrons. The van der Waals surface area contributed by atoms with Crippen molar-refractivity contribution in [3.8, 4) is 0 Å². The second kappa shape index (κ2) is 5.74. The summed E-state index contributed by atoms with van der Waals surface area (Å²) >= 11 is 0. The molecular weight excluding hydrogens is 184 g/mol. The summed E-state index contributed by atoms with van der Waals surface area (Å²) in [4.78, 5) is 6.98. The molecule has 0 aliphatic carbocycles. The lowest BCUT2D eigenvalue weighted by atomic mass is 10.1. The van der Waals surface area contributed by atoms with Gasteiger partial charge in [0.15, 0.2) is 0 Å². The Morgan fingerprint density at radius 2 is 2.07 bits per heavy atom. The van der Waals surface area contributed by atoms with Crippen LogP contribution in [0.5, 0.6) is 0 Å². The van der Waals surface area contributed by atoms with Crippen LogP contribution in [0.2, 0.25) is 0 Å². The number of hydrogen-bond donors (Lipinski definition) is 0. The Balaban J connectivity index is 0.000000531. The standard InChI is InChI=1S/C11H16N2.C2H6/c1-3-13-8-4-5-10-11(13)7-6-9(2)12-10;1-2/h6-7H,3-5,8H2,1-2H3;1-2H3. The number of aryl methyl sites for hydroxylation is 2. The van der Waals surface area contributed by atoms with E-state index in [1.807, 2.05) is 13.8 Å². The highest BCUT2D eigenvalue weighted by Crippen LogP contribution is 2.24. The molecule has 2 heterocycles. The fourth-order valence-electron chi connectivity index (χ4n) is 1.96. The Hall–Kier alpha value is -1.05. The summed E-state index contributed by atoms with van der Waals surface area (Å²) in [5, 5.41) is 0. The highest BCUT2D eigenvalue weighted by molar-refractivity contribution is 5.52. The first kappa shape index (κ1) is 12.0. The van der Waals surface area contributed by atoms with Crippen molar-refractivity contribution in [1.82, 2.24) is 4.98 Å². The van der Waals surface area contributed by atoms with E-state index in [0.717, 1.165) is 18.7 Å². The molecule has 0 N–H and O–H groups in total. The molecule has 0 saturated carbocycles. The minimum absolute atomic E-state index is 1.09. The predicted octanol–water partition coefficient (Wildman–Crippen LogP) is 3.19. The van der Waals surface area contributed by atoms with Crippen LogP contribution >= 0.6 is 0 Å². The van der Waals surface area contributed by atoms with E-state index in [2.05, 4.69) is 35.9 Å². The summed E-state index contributed by atoms with van der Waals surface area (Å²) in [7, 11) is 0. The smallest absolute Gasteiger partial charge is 0.0640 e. The quantitative estimate of drug-likeness (QED) is 0.701. The van der Waals surface area contributed by atoms with Gasteiger partial charge in [-0.2, -0.15) is 0 Å². The van der Waals surface area contributed by atoms with Gasteiger partial charge < -0.3 is 4.90 Å². The van der Waals surface area contributed by atoms with Crippen LogP contribution in [0.4, 0.5) is 5.69 Å². The zero-order valence-electron chi connectivity index (χ0n) is 10.4. The van der Waals surface area contributed by atoms with Gasteiger partial charge in [-0.25, -0.2) is 0 Å². The molecule has 0 saturated heterocycles. The Morgan fingerprint density at radius 1 is 1.33 bits per heavy atom. The summed E-state index contributed by atoms with van der Waals surface area (Å²) in [6.45, 7) is 10.5. The van der Waals surface area contributed by atoms with Crippen LogP contribution < -0.4 is 4.90 Å². The molecule has 15 heavy (non-hydrogen) atoms. The van der Waals surface area contributed by atoms with E-state index in [9.17, 15) is 0 Å². The first-order chi connectivity index (χ1) is 7.31. The van der Waals surface area contributed by atoms with E-state index >= 15 is 0 Å². The fourth-order valence-corrected chi connectivity index (χ4v) is 1.96. The third kappa shape index (κ3) is 2.71. The van der Waals surface area contributed by atoms with Crippen LogP contribution in [-0.2, 0) is 6.42 Å².